The topological polar surface area (TPSA) is 71.0 Å². The van der Waals surface area contributed by atoms with E-state index in [9.17, 15) is 4.79 Å². The Kier molecular flexibility index (Phi) is 4.81. The van der Waals surface area contributed by atoms with Gasteiger partial charge in [-0.15, -0.1) is 0 Å². The highest BCUT2D eigenvalue weighted by atomic mass is 16.2. The molecule has 1 aliphatic carbocycles. The molecule has 2 heterocycles. The highest BCUT2D eigenvalue weighted by Gasteiger charge is 2.40. The van der Waals surface area contributed by atoms with Crippen molar-refractivity contribution in [2.45, 2.75) is 50.9 Å². The van der Waals surface area contributed by atoms with E-state index in [2.05, 4.69) is 45.5 Å². The maximum absolute atomic E-state index is 12.5. The minimum atomic E-state index is -0.107. The Morgan fingerprint density at radius 2 is 1.96 bits per heavy atom. The number of hydrazine groups is 1. The molecule has 1 aliphatic heterocycles. The van der Waals surface area contributed by atoms with Crippen molar-refractivity contribution >= 4 is 5.91 Å². The maximum Gasteiger partial charge on any atom is 0.239 e. The van der Waals surface area contributed by atoms with Crippen LogP contribution in [0.1, 0.15) is 36.8 Å². The fourth-order valence-electron chi connectivity index (χ4n) is 3.94. The lowest BCUT2D eigenvalue weighted by molar-refractivity contribution is -0.124. The molecule has 1 aromatic carbocycles. The summed E-state index contributed by atoms with van der Waals surface area (Å²) in [4.78, 5) is 12.5. The van der Waals surface area contributed by atoms with Crippen LogP contribution in [0.5, 0.6) is 0 Å². The Bertz CT molecular complexity index is 697. The van der Waals surface area contributed by atoms with E-state index in [0.717, 1.165) is 18.5 Å². The monoisotopic (exact) mass is 339 g/mol. The maximum atomic E-state index is 12.5. The average Bonchev–Trinajstić information content (AvgIpc) is 3.30. The Morgan fingerprint density at radius 1 is 1.16 bits per heavy atom. The summed E-state index contributed by atoms with van der Waals surface area (Å²) in [7, 11) is 0. The lowest BCUT2D eigenvalue weighted by Crippen LogP contribution is -2.45. The molecule has 1 saturated carbocycles. The van der Waals surface area contributed by atoms with Gasteiger partial charge in [0.15, 0.2) is 0 Å². The number of hydrogen-bond donors (Lipinski definition) is 3. The first-order valence-corrected chi connectivity index (χ1v) is 9.13. The van der Waals surface area contributed by atoms with Gasteiger partial charge in [-0.05, 0) is 30.0 Å². The van der Waals surface area contributed by atoms with Gasteiger partial charge in [0.1, 0.15) is 6.04 Å². The summed E-state index contributed by atoms with van der Waals surface area (Å²) in [6, 6.07) is 10.6. The number of aromatic nitrogens is 2. The van der Waals surface area contributed by atoms with Gasteiger partial charge < -0.3 is 5.32 Å². The number of benzene rings is 1. The van der Waals surface area contributed by atoms with E-state index >= 15 is 0 Å². The number of amides is 1. The van der Waals surface area contributed by atoms with Gasteiger partial charge >= 0.3 is 0 Å². The van der Waals surface area contributed by atoms with Gasteiger partial charge in [-0.3, -0.25) is 14.9 Å². The predicted octanol–water partition coefficient (Wildman–Crippen LogP) is 1.58. The second-order valence-electron chi connectivity index (χ2n) is 7.06. The lowest BCUT2D eigenvalue weighted by atomic mass is 9.81. The molecule has 3 atom stereocenters. The third kappa shape index (κ3) is 3.75. The lowest BCUT2D eigenvalue weighted by Gasteiger charge is -2.26. The average molecular weight is 339 g/mol. The normalized spacial score (nSPS) is 25.5. The van der Waals surface area contributed by atoms with Gasteiger partial charge in [0, 0.05) is 30.9 Å². The number of carbonyl (C=O) groups excluding carboxylic acids is 1. The molecular formula is C19H25N5O. The Hall–Kier alpha value is -2.18. The van der Waals surface area contributed by atoms with Crippen molar-refractivity contribution in [2.75, 3.05) is 0 Å². The summed E-state index contributed by atoms with van der Waals surface area (Å²) in [6.07, 6.45) is 8.52. The molecule has 4 rings (SSSR count). The standard InChI is InChI=1S/C19H25N5O/c25-19(18-16-4-1-2-5-17(16)22-23-18)20-12-14-6-8-15(9-7-14)13-24-11-3-10-21-24/h3,6-11,16-18,22-23H,1-2,4-5,12-13H2,(H,20,25). The zero-order valence-corrected chi connectivity index (χ0v) is 14.3. The second kappa shape index (κ2) is 7.37. The quantitative estimate of drug-likeness (QED) is 0.773. The van der Waals surface area contributed by atoms with Gasteiger partial charge in [0.2, 0.25) is 5.91 Å². The summed E-state index contributed by atoms with van der Waals surface area (Å²) >= 11 is 0. The van der Waals surface area contributed by atoms with Crippen LogP contribution < -0.4 is 16.2 Å². The number of carbonyl (C=O) groups is 1. The first-order chi connectivity index (χ1) is 12.3. The van der Waals surface area contributed by atoms with Gasteiger partial charge in [0.25, 0.3) is 0 Å². The molecule has 2 aliphatic rings. The second-order valence-corrected chi connectivity index (χ2v) is 7.06. The summed E-state index contributed by atoms with van der Waals surface area (Å²) in [5, 5.41) is 7.30. The SMILES string of the molecule is O=C(NCc1ccc(Cn2cccn2)cc1)C1NNC2CCCCC21. The van der Waals surface area contributed by atoms with E-state index in [1.807, 2.05) is 16.9 Å². The minimum Gasteiger partial charge on any atom is -0.351 e. The first-order valence-electron chi connectivity index (χ1n) is 9.13. The molecule has 2 aromatic rings. The van der Waals surface area contributed by atoms with Gasteiger partial charge in [0.05, 0.1) is 6.54 Å². The van der Waals surface area contributed by atoms with Crippen LogP contribution in [0.4, 0.5) is 0 Å². The molecule has 0 radical (unpaired) electrons. The molecule has 6 heteroatoms. The summed E-state index contributed by atoms with van der Waals surface area (Å²) in [5.74, 6) is 0.521. The van der Waals surface area contributed by atoms with Crippen molar-refractivity contribution in [2.24, 2.45) is 5.92 Å². The third-order valence-electron chi connectivity index (χ3n) is 5.35. The number of nitrogens with zero attached hydrogens (tertiary/aromatic N) is 2. The Morgan fingerprint density at radius 3 is 2.76 bits per heavy atom. The van der Waals surface area contributed by atoms with E-state index < -0.39 is 0 Å². The van der Waals surface area contributed by atoms with Crippen LogP contribution in [0.3, 0.4) is 0 Å². The van der Waals surface area contributed by atoms with Crippen LogP contribution in [0, 0.1) is 5.92 Å². The fraction of sp³-hybridized carbons (Fsp3) is 0.474. The molecule has 1 aromatic heterocycles. The highest BCUT2D eigenvalue weighted by Crippen LogP contribution is 2.30. The summed E-state index contributed by atoms with van der Waals surface area (Å²) in [6.45, 7) is 1.33. The molecule has 25 heavy (non-hydrogen) atoms. The molecule has 0 bridgehead atoms. The van der Waals surface area contributed by atoms with Crippen LogP contribution in [0.15, 0.2) is 42.7 Å². The van der Waals surface area contributed by atoms with Crippen molar-refractivity contribution in [3.05, 3.63) is 53.9 Å². The molecule has 6 nitrogen and oxygen atoms in total. The van der Waals surface area contributed by atoms with Gasteiger partial charge in [-0.1, -0.05) is 37.1 Å². The molecule has 3 N–H and O–H groups in total. The van der Waals surface area contributed by atoms with Crippen molar-refractivity contribution in [1.82, 2.24) is 25.9 Å². The Labute approximate surface area is 148 Å². The van der Waals surface area contributed by atoms with Gasteiger partial charge in [-0.2, -0.15) is 5.10 Å². The van der Waals surface area contributed by atoms with Crippen LogP contribution in [-0.2, 0) is 17.9 Å². The molecule has 132 valence electrons. The number of rotatable bonds is 5. The van der Waals surface area contributed by atoms with E-state index in [0.29, 0.717) is 18.5 Å². The van der Waals surface area contributed by atoms with Crippen molar-refractivity contribution in [3.8, 4) is 0 Å². The third-order valence-corrected chi connectivity index (χ3v) is 5.35. The molecule has 3 unspecified atom stereocenters. The van der Waals surface area contributed by atoms with E-state index in [1.54, 1.807) is 6.20 Å². The number of fused-ring (bicyclic) bond motifs is 1. The summed E-state index contributed by atoms with van der Waals surface area (Å²) < 4.78 is 1.90. The number of hydrogen-bond acceptors (Lipinski definition) is 4. The smallest absolute Gasteiger partial charge is 0.239 e. The van der Waals surface area contributed by atoms with E-state index in [4.69, 9.17) is 0 Å². The van der Waals surface area contributed by atoms with E-state index in [1.165, 1.54) is 24.8 Å². The Balaban J connectivity index is 1.30. The van der Waals surface area contributed by atoms with Crippen LogP contribution >= 0.6 is 0 Å². The van der Waals surface area contributed by atoms with E-state index in [-0.39, 0.29) is 11.9 Å². The van der Waals surface area contributed by atoms with Crippen LogP contribution in [0.2, 0.25) is 0 Å². The first kappa shape index (κ1) is 16.3. The van der Waals surface area contributed by atoms with Crippen molar-refractivity contribution in [3.63, 3.8) is 0 Å². The fourth-order valence-corrected chi connectivity index (χ4v) is 3.94. The van der Waals surface area contributed by atoms with Crippen molar-refractivity contribution in [1.29, 1.82) is 0 Å². The molecule has 1 amide bonds. The zero-order chi connectivity index (χ0) is 17.1. The predicted molar refractivity (Wildman–Crippen MR) is 95.4 cm³/mol. The molecule has 2 fully saturated rings. The molecule has 1 saturated heterocycles. The number of nitrogens with one attached hydrogen (secondary N) is 3. The molecule has 0 spiro atoms. The van der Waals surface area contributed by atoms with Crippen LogP contribution in [-0.4, -0.2) is 27.8 Å². The van der Waals surface area contributed by atoms with Gasteiger partial charge in [-0.25, -0.2) is 5.43 Å². The van der Waals surface area contributed by atoms with Crippen LogP contribution in [0.25, 0.3) is 0 Å². The largest absolute Gasteiger partial charge is 0.351 e. The van der Waals surface area contributed by atoms with Crippen molar-refractivity contribution < 1.29 is 4.79 Å². The molecular weight excluding hydrogens is 314 g/mol. The summed E-state index contributed by atoms with van der Waals surface area (Å²) in [5.41, 5.74) is 8.81. The minimum absolute atomic E-state index is 0.0996. The highest BCUT2D eigenvalue weighted by molar-refractivity contribution is 5.82. The zero-order valence-electron chi connectivity index (χ0n) is 14.3.